The Morgan fingerprint density at radius 2 is 2.19 bits per heavy atom. The average molecular weight is 366 g/mol. The van der Waals surface area contributed by atoms with Gasteiger partial charge in [-0.2, -0.15) is 4.98 Å². The molecule has 0 spiro atoms. The van der Waals surface area contributed by atoms with E-state index in [0.29, 0.717) is 18.1 Å². The second-order valence-electron chi connectivity index (χ2n) is 6.76. The Bertz CT molecular complexity index is 1130. The molecule has 138 valence electrons. The molecule has 3 N–H and O–H groups in total. The fourth-order valence-electron chi connectivity index (χ4n) is 3.79. The van der Waals surface area contributed by atoms with Crippen LogP contribution in [0, 0.1) is 5.82 Å². The van der Waals surface area contributed by atoms with Gasteiger partial charge in [0.25, 0.3) is 6.01 Å². The lowest BCUT2D eigenvalue weighted by molar-refractivity contribution is 0.310. The summed E-state index contributed by atoms with van der Waals surface area (Å²) in [7, 11) is 0. The predicted octanol–water partition coefficient (Wildman–Crippen LogP) is 3.42. The number of benzene rings is 2. The number of rotatable bonds is 4. The molecular weight excluding hydrogens is 347 g/mol. The Balaban J connectivity index is 1.44. The summed E-state index contributed by atoms with van der Waals surface area (Å²) in [5.41, 5.74) is 5.82. The number of aromatic nitrogens is 2. The molecule has 0 saturated heterocycles. The van der Waals surface area contributed by atoms with Crippen molar-refractivity contribution in [2.75, 3.05) is 29.9 Å². The highest BCUT2D eigenvalue weighted by atomic mass is 19.1. The van der Waals surface area contributed by atoms with Crippen molar-refractivity contribution >= 4 is 33.7 Å². The zero-order valence-electron chi connectivity index (χ0n) is 14.6. The fraction of sp³-hybridized carbons (Fsp3) is 0.250. The van der Waals surface area contributed by atoms with Gasteiger partial charge in [0.2, 0.25) is 0 Å². The van der Waals surface area contributed by atoms with Crippen LogP contribution in [0.1, 0.15) is 11.3 Å². The molecular formula is C20H19FN4O2. The van der Waals surface area contributed by atoms with Gasteiger partial charge in [-0.3, -0.25) is 0 Å². The Morgan fingerprint density at radius 1 is 1.26 bits per heavy atom. The number of nitrogens with one attached hydrogen (secondary N) is 2. The molecule has 3 heterocycles. The van der Waals surface area contributed by atoms with Gasteiger partial charge in [0.15, 0.2) is 5.58 Å². The van der Waals surface area contributed by atoms with Crippen LogP contribution in [-0.2, 0) is 13.0 Å². The van der Waals surface area contributed by atoms with E-state index in [0.717, 1.165) is 47.3 Å². The lowest BCUT2D eigenvalue weighted by Crippen LogP contribution is -2.30. The lowest BCUT2D eigenvalue weighted by atomic mass is 10.0. The summed E-state index contributed by atoms with van der Waals surface area (Å²) in [6.07, 6.45) is 0.904. The smallest absolute Gasteiger partial charge is 0.295 e. The number of aromatic amines is 1. The van der Waals surface area contributed by atoms with E-state index in [4.69, 9.17) is 9.52 Å². The van der Waals surface area contributed by atoms with Crippen LogP contribution in [0.25, 0.3) is 22.0 Å². The normalized spacial score (nSPS) is 14.1. The van der Waals surface area contributed by atoms with Gasteiger partial charge in [-0.1, -0.05) is 0 Å². The Hall–Kier alpha value is -3.06. The number of halogens is 1. The molecule has 1 aliphatic rings. The molecule has 2 aromatic heterocycles. The Morgan fingerprint density at radius 3 is 3.07 bits per heavy atom. The number of nitrogens with zero attached hydrogens (tertiary/aromatic N) is 2. The topological polar surface area (TPSA) is 77.3 Å². The van der Waals surface area contributed by atoms with Gasteiger partial charge < -0.3 is 24.7 Å². The second kappa shape index (κ2) is 6.28. The third kappa shape index (κ3) is 2.80. The molecule has 0 radical (unpaired) electrons. The van der Waals surface area contributed by atoms with Crippen molar-refractivity contribution in [2.24, 2.45) is 0 Å². The minimum absolute atomic E-state index is 0.0223. The van der Waals surface area contributed by atoms with Crippen molar-refractivity contribution in [3.63, 3.8) is 0 Å². The van der Waals surface area contributed by atoms with Crippen LogP contribution in [0.3, 0.4) is 0 Å². The number of fused-ring (bicyclic) bond motifs is 4. The van der Waals surface area contributed by atoms with Crippen molar-refractivity contribution in [3.05, 3.63) is 53.5 Å². The lowest BCUT2D eigenvalue weighted by Gasteiger charge is -2.29. The first kappa shape index (κ1) is 16.1. The van der Waals surface area contributed by atoms with Crippen LogP contribution in [0.4, 0.5) is 16.1 Å². The zero-order valence-corrected chi connectivity index (χ0v) is 14.6. The van der Waals surface area contributed by atoms with Gasteiger partial charge in [0, 0.05) is 35.4 Å². The maximum Gasteiger partial charge on any atom is 0.295 e. The number of anilines is 2. The van der Waals surface area contributed by atoms with Crippen LogP contribution in [0.15, 0.2) is 40.8 Å². The first-order valence-corrected chi connectivity index (χ1v) is 9.00. The van der Waals surface area contributed by atoms with E-state index in [2.05, 4.69) is 20.2 Å². The highest BCUT2D eigenvalue weighted by molar-refractivity contribution is 5.85. The summed E-state index contributed by atoms with van der Waals surface area (Å²) in [4.78, 5) is 10.1. The van der Waals surface area contributed by atoms with E-state index in [1.165, 1.54) is 11.6 Å². The fourth-order valence-corrected chi connectivity index (χ4v) is 3.79. The standard InChI is InChI=1S/C20H19FN4O2/c21-12-1-3-14-15-5-7-25(11-18(15)23-16(14)9-12)13-2-4-19-17(10-13)24-20(27-19)22-6-8-26/h1-4,9-10,23,26H,5-8,11H2,(H,22,24). The number of hydrogen-bond acceptors (Lipinski definition) is 5. The second-order valence-corrected chi connectivity index (χ2v) is 6.76. The zero-order chi connectivity index (χ0) is 18.4. The summed E-state index contributed by atoms with van der Waals surface area (Å²) in [6, 6.07) is 11.3. The van der Waals surface area contributed by atoms with Gasteiger partial charge >= 0.3 is 0 Å². The van der Waals surface area contributed by atoms with E-state index < -0.39 is 0 Å². The van der Waals surface area contributed by atoms with Gasteiger partial charge in [-0.15, -0.1) is 0 Å². The van der Waals surface area contributed by atoms with Crippen LogP contribution >= 0.6 is 0 Å². The maximum atomic E-state index is 13.5. The molecule has 0 atom stereocenters. The molecule has 0 fully saturated rings. The van der Waals surface area contributed by atoms with Gasteiger partial charge in [0.1, 0.15) is 11.3 Å². The van der Waals surface area contributed by atoms with Crippen molar-refractivity contribution in [3.8, 4) is 0 Å². The van der Waals surface area contributed by atoms with E-state index in [1.807, 2.05) is 24.3 Å². The van der Waals surface area contributed by atoms with Gasteiger partial charge in [-0.05, 0) is 48.4 Å². The molecule has 0 aliphatic carbocycles. The van der Waals surface area contributed by atoms with Crippen molar-refractivity contribution in [2.45, 2.75) is 13.0 Å². The molecule has 27 heavy (non-hydrogen) atoms. The summed E-state index contributed by atoms with van der Waals surface area (Å²) in [5.74, 6) is -0.222. The summed E-state index contributed by atoms with van der Waals surface area (Å²) in [5, 5.41) is 12.9. The summed E-state index contributed by atoms with van der Waals surface area (Å²) in [6.45, 7) is 2.05. The quantitative estimate of drug-likeness (QED) is 0.516. The molecule has 6 nitrogen and oxygen atoms in total. The van der Waals surface area contributed by atoms with Crippen LogP contribution in [0.5, 0.6) is 0 Å². The summed E-state index contributed by atoms with van der Waals surface area (Å²) < 4.78 is 19.1. The van der Waals surface area contributed by atoms with E-state index in [1.54, 1.807) is 6.07 Å². The van der Waals surface area contributed by atoms with Crippen molar-refractivity contribution in [1.82, 2.24) is 9.97 Å². The number of aliphatic hydroxyl groups excluding tert-OH is 1. The highest BCUT2D eigenvalue weighted by Gasteiger charge is 2.21. The number of H-pyrrole nitrogens is 1. The monoisotopic (exact) mass is 366 g/mol. The largest absolute Gasteiger partial charge is 0.424 e. The highest BCUT2D eigenvalue weighted by Crippen LogP contribution is 2.32. The number of hydrogen-bond donors (Lipinski definition) is 3. The van der Waals surface area contributed by atoms with E-state index >= 15 is 0 Å². The molecule has 2 aromatic carbocycles. The van der Waals surface area contributed by atoms with Crippen LogP contribution in [0.2, 0.25) is 0 Å². The number of oxazole rings is 1. The first-order valence-electron chi connectivity index (χ1n) is 9.00. The minimum Gasteiger partial charge on any atom is -0.424 e. The van der Waals surface area contributed by atoms with E-state index in [-0.39, 0.29) is 12.4 Å². The molecule has 0 amide bonds. The molecule has 7 heteroatoms. The SMILES string of the molecule is OCCNc1nc2cc(N3CCc4c([nH]c5cc(F)ccc45)C3)ccc2o1. The first-order chi connectivity index (χ1) is 13.2. The molecule has 0 unspecified atom stereocenters. The maximum absolute atomic E-state index is 13.5. The third-order valence-electron chi connectivity index (χ3n) is 5.06. The molecule has 1 aliphatic heterocycles. The van der Waals surface area contributed by atoms with Gasteiger partial charge in [-0.25, -0.2) is 4.39 Å². The minimum atomic E-state index is -0.222. The molecule has 5 rings (SSSR count). The Labute approximate surface area is 154 Å². The molecule has 0 saturated carbocycles. The van der Waals surface area contributed by atoms with Crippen LogP contribution in [-0.4, -0.2) is 34.8 Å². The van der Waals surface area contributed by atoms with E-state index in [9.17, 15) is 4.39 Å². The van der Waals surface area contributed by atoms with Crippen molar-refractivity contribution in [1.29, 1.82) is 0 Å². The summed E-state index contributed by atoms with van der Waals surface area (Å²) >= 11 is 0. The Kier molecular flexibility index (Phi) is 3.75. The molecule has 4 aromatic rings. The van der Waals surface area contributed by atoms with Crippen LogP contribution < -0.4 is 10.2 Å². The predicted molar refractivity (Wildman–Crippen MR) is 103 cm³/mol. The average Bonchev–Trinajstić information content (AvgIpc) is 3.24. The van der Waals surface area contributed by atoms with Crippen molar-refractivity contribution < 1.29 is 13.9 Å². The molecule has 0 bridgehead atoms. The van der Waals surface area contributed by atoms with Gasteiger partial charge in [0.05, 0.1) is 13.2 Å². The third-order valence-corrected chi connectivity index (χ3v) is 5.06. The number of aliphatic hydroxyl groups is 1.